The van der Waals surface area contributed by atoms with Crippen molar-refractivity contribution < 1.29 is 8.42 Å². The highest BCUT2D eigenvalue weighted by atomic mass is 35.5. The lowest BCUT2D eigenvalue weighted by atomic mass is 10.00. The van der Waals surface area contributed by atoms with E-state index in [9.17, 15) is 8.42 Å². The van der Waals surface area contributed by atoms with Crippen molar-refractivity contribution in [3.05, 3.63) is 70.4 Å². The number of halogens is 1. The number of hydrogen-bond donors (Lipinski definition) is 2. The second kappa shape index (κ2) is 8.45. The van der Waals surface area contributed by atoms with Crippen LogP contribution in [0.5, 0.6) is 0 Å². The summed E-state index contributed by atoms with van der Waals surface area (Å²) in [4.78, 5) is 11.6. The van der Waals surface area contributed by atoms with Crippen LogP contribution in [0.4, 0.5) is 17.5 Å². The van der Waals surface area contributed by atoms with Crippen molar-refractivity contribution in [1.82, 2.24) is 9.97 Å². The molecule has 31 heavy (non-hydrogen) atoms. The molecule has 0 bridgehead atoms. The van der Waals surface area contributed by atoms with Crippen molar-refractivity contribution in [1.29, 1.82) is 0 Å². The van der Waals surface area contributed by atoms with Gasteiger partial charge in [0.2, 0.25) is 16.0 Å². The topological polar surface area (TPSA) is 101 Å². The molecule has 0 spiro atoms. The third kappa shape index (κ3) is 4.98. The Labute approximate surface area is 187 Å². The highest BCUT2D eigenvalue weighted by molar-refractivity contribution is 7.89. The van der Waals surface area contributed by atoms with Gasteiger partial charge in [0, 0.05) is 29.9 Å². The summed E-state index contributed by atoms with van der Waals surface area (Å²) < 4.78 is 23.5. The SMILES string of the molecule is CC(C)c1cc(N2CCc3ccc(S(N)(=O)=O)cc3C2)nc(Nc2cccc(Cl)c2)n1. The molecule has 1 aliphatic heterocycles. The van der Waals surface area contributed by atoms with Gasteiger partial charge in [-0.25, -0.2) is 18.5 Å². The van der Waals surface area contributed by atoms with Gasteiger partial charge in [0.1, 0.15) is 5.82 Å². The molecule has 1 aromatic heterocycles. The molecule has 2 aromatic carbocycles. The van der Waals surface area contributed by atoms with E-state index in [2.05, 4.69) is 29.0 Å². The first-order valence-electron chi connectivity index (χ1n) is 10.00. The molecule has 3 N–H and O–H groups in total. The number of hydrogen-bond acceptors (Lipinski definition) is 6. The average molecular weight is 458 g/mol. The first kappa shape index (κ1) is 21.5. The second-order valence-corrected chi connectivity index (χ2v) is 9.91. The Kier molecular flexibility index (Phi) is 5.88. The molecule has 0 amide bonds. The maximum absolute atomic E-state index is 11.8. The van der Waals surface area contributed by atoms with Crippen molar-refractivity contribution in [3.63, 3.8) is 0 Å². The quantitative estimate of drug-likeness (QED) is 0.595. The minimum absolute atomic E-state index is 0.127. The van der Waals surface area contributed by atoms with Gasteiger partial charge in [-0.05, 0) is 53.8 Å². The fourth-order valence-corrected chi connectivity index (χ4v) is 4.32. The monoisotopic (exact) mass is 457 g/mol. The van der Waals surface area contributed by atoms with Crippen LogP contribution in [0, 0.1) is 0 Å². The van der Waals surface area contributed by atoms with E-state index in [0.717, 1.165) is 41.3 Å². The summed E-state index contributed by atoms with van der Waals surface area (Å²) in [6, 6.07) is 14.5. The standard InChI is InChI=1S/C22H24ClN5O2S/c1-14(2)20-12-21(27-22(26-20)25-18-5-3-4-17(23)11-18)28-9-8-15-6-7-19(31(24,29)30)10-16(15)13-28/h3-7,10-12,14H,8-9,13H2,1-2H3,(H2,24,29,30)(H,25,26,27). The molecule has 1 aliphatic rings. The smallest absolute Gasteiger partial charge is 0.238 e. The van der Waals surface area contributed by atoms with E-state index in [0.29, 0.717) is 17.5 Å². The maximum atomic E-state index is 11.8. The van der Waals surface area contributed by atoms with E-state index in [-0.39, 0.29) is 10.8 Å². The Hall–Kier alpha value is -2.68. The fourth-order valence-electron chi connectivity index (χ4n) is 3.57. The van der Waals surface area contributed by atoms with E-state index < -0.39 is 10.0 Å². The third-order valence-corrected chi connectivity index (χ3v) is 6.39. The van der Waals surface area contributed by atoms with Crippen LogP contribution in [-0.2, 0) is 23.0 Å². The number of aromatic nitrogens is 2. The van der Waals surface area contributed by atoms with Gasteiger partial charge in [0.15, 0.2) is 0 Å². The Morgan fingerprint density at radius 2 is 1.90 bits per heavy atom. The molecular formula is C22H24ClN5O2S. The van der Waals surface area contributed by atoms with Crippen molar-refractivity contribution in [2.75, 3.05) is 16.8 Å². The number of nitrogens with one attached hydrogen (secondary N) is 1. The molecule has 7 nitrogen and oxygen atoms in total. The molecule has 0 unspecified atom stereocenters. The van der Waals surface area contributed by atoms with Gasteiger partial charge >= 0.3 is 0 Å². The molecule has 2 heterocycles. The molecule has 0 fully saturated rings. The van der Waals surface area contributed by atoms with Gasteiger partial charge in [-0.2, -0.15) is 4.98 Å². The third-order valence-electron chi connectivity index (χ3n) is 5.25. The minimum Gasteiger partial charge on any atom is -0.352 e. The summed E-state index contributed by atoms with van der Waals surface area (Å²) in [6.45, 7) is 5.48. The summed E-state index contributed by atoms with van der Waals surface area (Å²) in [7, 11) is -3.75. The van der Waals surface area contributed by atoms with Crippen LogP contribution in [0.15, 0.2) is 53.4 Å². The number of rotatable bonds is 5. The van der Waals surface area contributed by atoms with Crippen LogP contribution >= 0.6 is 11.6 Å². The molecule has 3 aromatic rings. The van der Waals surface area contributed by atoms with E-state index in [1.54, 1.807) is 12.1 Å². The number of fused-ring (bicyclic) bond motifs is 1. The van der Waals surface area contributed by atoms with Gasteiger partial charge in [-0.15, -0.1) is 0 Å². The normalized spacial score (nSPS) is 13.9. The first-order valence-corrected chi connectivity index (χ1v) is 11.9. The van der Waals surface area contributed by atoms with Crippen LogP contribution < -0.4 is 15.4 Å². The van der Waals surface area contributed by atoms with Gasteiger partial charge in [0.05, 0.1) is 10.6 Å². The van der Waals surface area contributed by atoms with Gasteiger partial charge in [-0.1, -0.05) is 37.6 Å². The first-order chi connectivity index (χ1) is 14.7. The summed E-state index contributed by atoms with van der Waals surface area (Å²) in [5, 5.41) is 9.18. The second-order valence-electron chi connectivity index (χ2n) is 7.91. The predicted molar refractivity (Wildman–Crippen MR) is 123 cm³/mol. The fraction of sp³-hybridized carbons (Fsp3) is 0.273. The minimum atomic E-state index is -3.75. The highest BCUT2D eigenvalue weighted by Crippen LogP contribution is 2.28. The Balaban J connectivity index is 1.67. The van der Waals surface area contributed by atoms with Crippen LogP contribution in [0.1, 0.15) is 36.6 Å². The maximum Gasteiger partial charge on any atom is 0.238 e. The van der Waals surface area contributed by atoms with Gasteiger partial charge in [0.25, 0.3) is 0 Å². The average Bonchev–Trinajstić information content (AvgIpc) is 2.72. The van der Waals surface area contributed by atoms with E-state index >= 15 is 0 Å². The van der Waals surface area contributed by atoms with E-state index in [4.69, 9.17) is 21.7 Å². The number of primary sulfonamides is 1. The van der Waals surface area contributed by atoms with Crippen molar-refractivity contribution in [3.8, 4) is 0 Å². The van der Waals surface area contributed by atoms with E-state index in [1.165, 1.54) is 0 Å². The van der Waals surface area contributed by atoms with Crippen molar-refractivity contribution in [2.45, 2.75) is 37.6 Å². The number of anilines is 3. The van der Waals surface area contributed by atoms with Crippen LogP contribution in [0.2, 0.25) is 5.02 Å². The molecule has 0 saturated carbocycles. The summed E-state index contributed by atoms with van der Waals surface area (Å²) in [6.07, 6.45) is 0.790. The van der Waals surface area contributed by atoms with E-state index in [1.807, 2.05) is 36.4 Å². The zero-order chi connectivity index (χ0) is 22.2. The number of nitrogens with two attached hydrogens (primary N) is 1. The molecule has 4 rings (SSSR count). The lowest BCUT2D eigenvalue weighted by Crippen LogP contribution is -2.31. The molecule has 0 aliphatic carbocycles. The molecule has 0 radical (unpaired) electrons. The highest BCUT2D eigenvalue weighted by Gasteiger charge is 2.21. The summed E-state index contributed by atoms with van der Waals surface area (Å²) in [5.74, 6) is 1.50. The summed E-state index contributed by atoms with van der Waals surface area (Å²) >= 11 is 6.10. The number of sulfonamides is 1. The molecule has 9 heteroatoms. The Bertz CT molecular complexity index is 1230. The van der Waals surface area contributed by atoms with Gasteiger partial charge in [-0.3, -0.25) is 0 Å². The van der Waals surface area contributed by atoms with Crippen LogP contribution in [-0.4, -0.2) is 24.9 Å². The van der Waals surface area contributed by atoms with Crippen molar-refractivity contribution >= 4 is 39.1 Å². The number of nitrogens with zero attached hydrogens (tertiary/aromatic N) is 3. The zero-order valence-electron chi connectivity index (χ0n) is 17.3. The molecule has 162 valence electrons. The molecule has 0 saturated heterocycles. The van der Waals surface area contributed by atoms with Crippen LogP contribution in [0.25, 0.3) is 0 Å². The largest absolute Gasteiger partial charge is 0.352 e. The molecule has 0 atom stereocenters. The summed E-state index contributed by atoms with van der Waals surface area (Å²) in [5.41, 5.74) is 3.78. The van der Waals surface area contributed by atoms with Gasteiger partial charge < -0.3 is 10.2 Å². The molecular weight excluding hydrogens is 434 g/mol. The lowest BCUT2D eigenvalue weighted by molar-refractivity contribution is 0.597. The van der Waals surface area contributed by atoms with Crippen molar-refractivity contribution in [2.24, 2.45) is 5.14 Å². The number of benzene rings is 2. The van der Waals surface area contributed by atoms with Crippen LogP contribution in [0.3, 0.4) is 0 Å². The Morgan fingerprint density at radius 1 is 1.10 bits per heavy atom. The lowest BCUT2D eigenvalue weighted by Gasteiger charge is -2.30. The predicted octanol–water partition coefficient (Wildman–Crippen LogP) is 4.21. The Morgan fingerprint density at radius 3 is 2.61 bits per heavy atom. The zero-order valence-corrected chi connectivity index (χ0v) is 18.9.